The minimum Gasteiger partial charge on any atom is -0.394 e. The molecule has 2 N–H and O–H groups in total. The highest BCUT2D eigenvalue weighted by molar-refractivity contribution is 6.29. The Labute approximate surface area is 111 Å². The summed E-state index contributed by atoms with van der Waals surface area (Å²) in [5, 5.41) is 12.0. The Morgan fingerprint density at radius 1 is 1.39 bits per heavy atom. The number of methoxy groups -OCH3 is 1. The molecular weight excluding hydrogens is 258 g/mol. The Bertz CT molecular complexity index is 352. The van der Waals surface area contributed by atoms with Crippen molar-refractivity contribution in [2.45, 2.75) is 13.0 Å². The summed E-state index contributed by atoms with van der Waals surface area (Å²) in [6, 6.07) is 1.66. The molecule has 0 spiro atoms. The van der Waals surface area contributed by atoms with Crippen molar-refractivity contribution in [1.82, 2.24) is 9.97 Å². The van der Waals surface area contributed by atoms with Crippen molar-refractivity contribution in [3.05, 3.63) is 17.0 Å². The Morgan fingerprint density at radius 2 is 2.22 bits per heavy atom. The summed E-state index contributed by atoms with van der Waals surface area (Å²) < 4.78 is 10.1. The summed E-state index contributed by atoms with van der Waals surface area (Å²) >= 11 is 5.87. The van der Waals surface area contributed by atoms with E-state index in [9.17, 15) is 0 Å². The Kier molecular flexibility index (Phi) is 7.59. The zero-order valence-corrected chi connectivity index (χ0v) is 11.1. The van der Waals surface area contributed by atoms with Crippen LogP contribution in [-0.4, -0.2) is 48.5 Å². The molecule has 18 heavy (non-hydrogen) atoms. The molecule has 0 saturated carbocycles. The lowest BCUT2D eigenvalue weighted by Gasteiger charge is -2.07. The maximum absolute atomic E-state index is 8.53. The minimum atomic E-state index is 0.0509. The molecule has 0 saturated heterocycles. The second-order valence-corrected chi connectivity index (χ2v) is 3.93. The summed E-state index contributed by atoms with van der Waals surface area (Å²) in [5.41, 5.74) is 0. The van der Waals surface area contributed by atoms with Crippen LogP contribution in [0.15, 0.2) is 6.07 Å². The fraction of sp³-hybridized carbons (Fsp3) is 0.636. The number of ether oxygens (including phenoxy) is 2. The van der Waals surface area contributed by atoms with Crippen LogP contribution in [0.5, 0.6) is 0 Å². The topological polar surface area (TPSA) is 76.5 Å². The monoisotopic (exact) mass is 275 g/mol. The second kappa shape index (κ2) is 9.04. The fourth-order valence-electron chi connectivity index (χ4n) is 1.31. The van der Waals surface area contributed by atoms with Gasteiger partial charge in [0.2, 0.25) is 0 Å². The number of nitrogens with one attached hydrogen (secondary N) is 1. The highest BCUT2D eigenvalue weighted by Crippen LogP contribution is 2.11. The van der Waals surface area contributed by atoms with Gasteiger partial charge in [0.25, 0.3) is 0 Å². The van der Waals surface area contributed by atoms with Gasteiger partial charge in [-0.25, -0.2) is 9.97 Å². The van der Waals surface area contributed by atoms with E-state index in [4.69, 9.17) is 26.2 Å². The lowest BCUT2D eigenvalue weighted by atomic mass is 10.4. The lowest BCUT2D eigenvalue weighted by molar-refractivity contribution is 0.0922. The number of aliphatic hydroxyl groups is 1. The van der Waals surface area contributed by atoms with Gasteiger partial charge in [-0.2, -0.15) is 0 Å². The first kappa shape index (κ1) is 15.1. The summed E-state index contributed by atoms with van der Waals surface area (Å²) in [4.78, 5) is 8.27. The van der Waals surface area contributed by atoms with Crippen LogP contribution in [0.25, 0.3) is 0 Å². The van der Waals surface area contributed by atoms with Gasteiger partial charge in [0.15, 0.2) is 5.82 Å². The van der Waals surface area contributed by atoms with Crippen LogP contribution in [0.3, 0.4) is 0 Å². The maximum atomic E-state index is 8.53. The summed E-state index contributed by atoms with van der Waals surface area (Å²) in [7, 11) is 1.58. The molecule has 1 heterocycles. The smallest absolute Gasteiger partial charge is 0.158 e. The van der Waals surface area contributed by atoms with Gasteiger partial charge in [-0.1, -0.05) is 11.6 Å². The number of rotatable bonds is 9. The van der Waals surface area contributed by atoms with Gasteiger partial charge in [0.1, 0.15) is 17.6 Å². The normalized spacial score (nSPS) is 10.6. The molecule has 0 bridgehead atoms. The van der Waals surface area contributed by atoms with Gasteiger partial charge in [-0.05, 0) is 6.42 Å². The minimum absolute atomic E-state index is 0.0509. The Balaban J connectivity index is 2.32. The molecule has 0 aliphatic heterocycles. The molecule has 1 aromatic rings. The number of hydrogen-bond donors (Lipinski definition) is 2. The molecule has 0 unspecified atom stereocenters. The molecule has 1 rings (SSSR count). The number of nitrogens with zero attached hydrogens (tertiary/aromatic N) is 2. The molecule has 0 atom stereocenters. The standard InChI is InChI=1S/C11H18ClN3O3/c1-17-8-11-14-9(12)7-10(15-11)13-3-2-5-18-6-4-16/h7,16H,2-6,8H2,1H3,(H,13,14,15). The van der Waals surface area contributed by atoms with E-state index in [1.807, 2.05) is 0 Å². The van der Waals surface area contributed by atoms with Crippen LogP contribution in [0.1, 0.15) is 12.2 Å². The van der Waals surface area contributed by atoms with Crippen LogP contribution in [-0.2, 0) is 16.1 Å². The summed E-state index contributed by atoms with van der Waals surface area (Å²) in [5.74, 6) is 1.22. The molecule has 7 heteroatoms. The number of halogens is 1. The first-order valence-electron chi connectivity index (χ1n) is 5.71. The van der Waals surface area contributed by atoms with Crippen molar-refractivity contribution in [3.8, 4) is 0 Å². The third-order valence-electron chi connectivity index (χ3n) is 2.02. The van der Waals surface area contributed by atoms with Gasteiger partial charge >= 0.3 is 0 Å². The molecule has 0 fully saturated rings. The molecule has 6 nitrogen and oxygen atoms in total. The molecular formula is C11H18ClN3O3. The number of hydrogen-bond acceptors (Lipinski definition) is 6. The van der Waals surface area contributed by atoms with Crippen LogP contribution >= 0.6 is 11.6 Å². The fourth-order valence-corrected chi connectivity index (χ4v) is 1.51. The van der Waals surface area contributed by atoms with Gasteiger partial charge in [-0.3, -0.25) is 0 Å². The van der Waals surface area contributed by atoms with Crippen LogP contribution in [0, 0.1) is 0 Å². The van der Waals surface area contributed by atoms with E-state index in [2.05, 4.69) is 15.3 Å². The average Bonchev–Trinajstić information content (AvgIpc) is 2.33. The van der Waals surface area contributed by atoms with Crippen LogP contribution in [0.2, 0.25) is 5.15 Å². The SMILES string of the molecule is COCc1nc(Cl)cc(NCCCOCCO)n1. The molecule has 102 valence electrons. The zero-order chi connectivity index (χ0) is 13.2. The highest BCUT2D eigenvalue weighted by Gasteiger charge is 2.02. The highest BCUT2D eigenvalue weighted by atomic mass is 35.5. The van der Waals surface area contributed by atoms with Crippen molar-refractivity contribution >= 4 is 17.4 Å². The first-order chi connectivity index (χ1) is 8.76. The predicted molar refractivity (Wildman–Crippen MR) is 68.8 cm³/mol. The van der Waals surface area contributed by atoms with E-state index in [0.717, 1.165) is 6.42 Å². The predicted octanol–water partition coefficient (Wildman–Crippen LogP) is 1.09. The van der Waals surface area contributed by atoms with Gasteiger partial charge in [0, 0.05) is 26.3 Å². The van der Waals surface area contributed by atoms with Crippen molar-refractivity contribution in [3.63, 3.8) is 0 Å². The molecule has 0 aliphatic carbocycles. The van der Waals surface area contributed by atoms with Crippen molar-refractivity contribution in [2.24, 2.45) is 0 Å². The molecule has 0 radical (unpaired) electrons. The van der Waals surface area contributed by atoms with E-state index < -0.39 is 0 Å². The van der Waals surface area contributed by atoms with Crippen LogP contribution < -0.4 is 5.32 Å². The van der Waals surface area contributed by atoms with E-state index in [1.165, 1.54) is 0 Å². The molecule has 0 aliphatic rings. The third-order valence-corrected chi connectivity index (χ3v) is 2.22. The second-order valence-electron chi connectivity index (χ2n) is 3.54. The van der Waals surface area contributed by atoms with Gasteiger partial charge < -0.3 is 19.9 Å². The lowest BCUT2D eigenvalue weighted by Crippen LogP contribution is -2.10. The van der Waals surface area contributed by atoms with Crippen molar-refractivity contribution in [1.29, 1.82) is 0 Å². The van der Waals surface area contributed by atoms with Crippen LogP contribution in [0.4, 0.5) is 5.82 Å². The number of aliphatic hydroxyl groups excluding tert-OH is 1. The molecule has 0 aromatic carbocycles. The summed E-state index contributed by atoms with van der Waals surface area (Å²) in [6.45, 7) is 2.06. The van der Waals surface area contributed by atoms with E-state index >= 15 is 0 Å². The number of aromatic nitrogens is 2. The average molecular weight is 276 g/mol. The first-order valence-corrected chi connectivity index (χ1v) is 6.09. The van der Waals surface area contributed by atoms with Gasteiger partial charge in [0.05, 0.1) is 13.2 Å². The molecule has 0 amide bonds. The molecule has 1 aromatic heterocycles. The number of anilines is 1. The third kappa shape index (κ3) is 6.11. The van der Waals surface area contributed by atoms with E-state index in [0.29, 0.717) is 43.2 Å². The quantitative estimate of drug-likeness (QED) is 0.519. The maximum Gasteiger partial charge on any atom is 0.158 e. The van der Waals surface area contributed by atoms with Gasteiger partial charge in [-0.15, -0.1) is 0 Å². The van der Waals surface area contributed by atoms with E-state index in [-0.39, 0.29) is 6.61 Å². The van der Waals surface area contributed by atoms with Crippen molar-refractivity contribution < 1.29 is 14.6 Å². The largest absolute Gasteiger partial charge is 0.394 e. The van der Waals surface area contributed by atoms with Crippen molar-refractivity contribution in [2.75, 3.05) is 38.8 Å². The zero-order valence-electron chi connectivity index (χ0n) is 10.4. The Hall–Kier alpha value is -0.950. The summed E-state index contributed by atoms with van der Waals surface area (Å²) in [6.07, 6.45) is 0.821. The Morgan fingerprint density at radius 3 is 2.94 bits per heavy atom. The van der Waals surface area contributed by atoms with E-state index in [1.54, 1.807) is 13.2 Å².